The van der Waals surface area contributed by atoms with Gasteiger partial charge < -0.3 is 10.6 Å². The number of carbonyl (C=O) groups is 2. The highest BCUT2D eigenvalue weighted by Gasteiger charge is 2.13. The number of rotatable bonds is 7. The maximum atomic E-state index is 11.8. The molecule has 1 aromatic rings. The molecule has 1 rings (SSSR count). The first-order chi connectivity index (χ1) is 10.0. The van der Waals surface area contributed by atoms with Crippen LogP contribution in [0.2, 0.25) is 0 Å². The number of unbranched alkanes of at least 4 members (excludes halogenated alkanes) is 4. The third-order valence-corrected chi connectivity index (χ3v) is 3.40. The van der Waals surface area contributed by atoms with Crippen LogP contribution < -0.4 is 10.6 Å². The minimum absolute atomic E-state index is 0.558. The number of nitrogens with one attached hydrogen (secondary N) is 2. The second-order valence-electron chi connectivity index (χ2n) is 5.44. The highest BCUT2D eigenvalue weighted by molar-refractivity contribution is 6.39. The van der Waals surface area contributed by atoms with Crippen LogP contribution in [0.4, 0.5) is 5.69 Å². The van der Waals surface area contributed by atoms with Crippen molar-refractivity contribution in [3.63, 3.8) is 0 Å². The zero-order valence-electron chi connectivity index (χ0n) is 13.3. The largest absolute Gasteiger partial charge is 0.348 e. The summed E-state index contributed by atoms with van der Waals surface area (Å²) >= 11 is 0. The summed E-state index contributed by atoms with van der Waals surface area (Å²) in [5, 5.41) is 5.31. The van der Waals surface area contributed by atoms with Gasteiger partial charge in [-0.2, -0.15) is 0 Å². The lowest BCUT2D eigenvalue weighted by Crippen LogP contribution is -2.36. The highest BCUT2D eigenvalue weighted by Crippen LogP contribution is 2.15. The van der Waals surface area contributed by atoms with Crippen molar-refractivity contribution < 1.29 is 9.59 Å². The van der Waals surface area contributed by atoms with Crippen LogP contribution in [0.5, 0.6) is 0 Å². The molecule has 0 saturated heterocycles. The topological polar surface area (TPSA) is 58.2 Å². The van der Waals surface area contributed by atoms with Crippen molar-refractivity contribution >= 4 is 17.5 Å². The van der Waals surface area contributed by atoms with Crippen LogP contribution in [-0.4, -0.2) is 18.4 Å². The van der Waals surface area contributed by atoms with Gasteiger partial charge in [-0.1, -0.05) is 50.3 Å². The molecule has 0 bridgehead atoms. The predicted molar refractivity (Wildman–Crippen MR) is 86.3 cm³/mol. The molecule has 0 spiro atoms. The molecule has 0 saturated carbocycles. The molecule has 0 fully saturated rings. The van der Waals surface area contributed by atoms with Gasteiger partial charge in [0.25, 0.3) is 0 Å². The van der Waals surface area contributed by atoms with Crippen LogP contribution in [0, 0.1) is 13.8 Å². The monoisotopic (exact) mass is 290 g/mol. The van der Waals surface area contributed by atoms with Crippen molar-refractivity contribution in [1.29, 1.82) is 0 Å². The van der Waals surface area contributed by atoms with Crippen LogP contribution >= 0.6 is 0 Å². The van der Waals surface area contributed by atoms with Gasteiger partial charge in [0.05, 0.1) is 0 Å². The summed E-state index contributed by atoms with van der Waals surface area (Å²) in [7, 11) is 0. The zero-order chi connectivity index (χ0) is 15.7. The first kappa shape index (κ1) is 17.2. The summed E-state index contributed by atoms with van der Waals surface area (Å²) in [5.41, 5.74) is 2.77. The third kappa shape index (κ3) is 6.43. The lowest BCUT2D eigenvalue weighted by Gasteiger charge is -2.09. The maximum absolute atomic E-state index is 11.8. The van der Waals surface area contributed by atoms with Crippen LogP contribution in [0.3, 0.4) is 0 Å². The van der Waals surface area contributed by atoms with Gasteiger partial charge in [0.1, 0.15) is 0 Å². The number of aryl methyl sites for hydroxylation is 2. The molecule has 4 heteroatoms. The van der Waals surface area contributed by atoms with Gasteiger partial charge in [0, 0.05) is 12.2 Å². The first-order valence-corrected chi connectivity index (χ1v) is 7.71. The smallest absolute Gasteiger partial charge is 0.313 e. The Balaban J connectivity index is 2.32. The number of hydrogen-bond acceptors (Lipinski definition) is 2. The zero-order valence-corrected chi connectivity index (χ0v) is 13.3. The maximum Gasteiger partial charge on any atom is 0.313 e. The molecule has 0 unspecified atom stereocenters. The number of hydrogen-bond donors (Lipinski definition) is 2. The number of benzene rings is 1. The van der Waals surface area contributed by atoms with E-state index in [-0.39, 0.29) is 0 Å². The summed E-state index contributed by atoms with van der Waals surface area (Å²) in [6, 6.07) is 5.70. The van der Waals surface area contributed by atoms with Crippen LogP contribution in [0.25, 0.3) is 0 Å². The Bertz CT molecular complexity index is 484. The number of anilines is 1. The summed E-state index contributed by atoms with van der Waals surface area (Å²) in [4.78, 5) is 23.5. The molecule has 0 aliphatic heterocycles. The fourth-order valence-corrected chi connectivity index (χ4v) is 2.14. The lowest BCUT2D eigenvalue weighted by atomic mass is 10.1. The lowest BCUT2D eigenvalue weighted by molar-refractivity contribution is -0.136. The van der Waals surface area contributed by atoms with Crippen molar-refractivity contribution in [1.82, 2.24) is 5.32 Å². The van der Waals surface area contributed by atoms with E-state index in [1.165, 1.54) is 19.3 Å². The fraction of sp³-hybridized carbons (Fsp3) is 0.529. The Morgan fingerprint density at radius 1 is 1.00 bits per heavy atom. The van der Waals surface area contributed by atoms with E-state index in [0.717, 1.165) is 24.0 Å². The standard InChI is InChI=1S/C17H26N2O2/c1-4-5-6-7-8-11-18-16(20)17(21)19-15-10-9-13(2)12-14(15)3/h9-10,12H,4-8,11H2,1-3H3,(H,18,20)(H,19,21). The second kappa shape index (κ2) is 9.16. The Hall–Kier alpha value is -1.84. The summed E-state index contributed by atoms with van der Waals surface area (Å²) in [6.45, 7) is 6.63. The minimum atomic E-state index is -0.601. The van der Waals surface area contributed by atoms with E-state index in [4.69, 9.17) is 0 Å². The molecule has 0 aromatic heterocycles. The summed E-state index contributed by atoms with van der Waals surface area (Å²) in [5.74, 6) is -1.17. The Morgan fingerprint density at radius 2 is 1.71 bits per heavy atom. The number of amides is 2. The third-order valence-electron chi connectivity index (χ3n) is 3.40. The van der Waals surface area contributed by atoms with Crippen molar-refractivity contribution in [2.45, 2.75) is 52.9 Å². The molecule has 0 atom stereocenters. The molecule has 0 aliphatic rings. The van der Waals surface area contributed by atoms with Gasteiger partial charge in [-0.15, -0.1) is 0 Å². The van der Waals surface area contributed by atoms with Crippen molar-refractivity contribution in [2.75, 3.05) is 11.9 Å². The van der Waals surface area contributed by atoms with Gasteiger partial charge in [-0.05, 0) is 31.9 Å². The van der Waals surface area contributed by atoms with E-state index in [9.17, 15) is 9.59 Å². The van der Waals surface area contributed by atoms with Crippen molar-refractivity contribution in [3.05, 3.63) is 29.3 Å². The molecule has 2 amide bonds. The van der Waals surface area contributed by atoms with Gasteiger partial charge >= 0.3 is 11.8 Å². The quantitative estimate of drug-likeness (QED) is 0.598. The molecule has 21 heavy (non-hydrogen) atoms. The van der Waals surface area contributed by atoms with Crippen molar-refractivity contribution in [2.24, 2.45) is 0 Å². The molecular formula is C17H26N2O2. The molecule has 0 aliphatic carbocycles. The van der Waals surface area contributed by atoms with Gasteiger partial charge in [0.15, 0.2) is 0 Å². The normalized spacial score (nSPS) is 10.2. The second-order valence-corrected chi connectivity index (χ2v) is 5.44. The molecule has 1 aromatic carbocycles. The van der Waals surface area contributed by atoms with E-state index < -0.39 is 11.8 Å². The van der Waals surface area contributed by atoms with Crippen LogP contribution in [0.1, 0.15) is 50.2 Å². The molecule has 0 radical (unpaired) electrons. The first-order valence-electron chi connectivity index (χ1n) is 7.71. The average molecular weight is 290 g/mol. The summed E-state index contributed by atoms with van der Waals surface area (Å²) in [6.07, 6.45) is 5.61. The summed E-state index contributed by atoms with van der Waals surface area (Å²) < 4.78 is 0. The van der Waals surface area contributed by atoms with E-state index in [1.54, 1.807) is 0 Å². The van der Waals surface area contributed by atoms with E-state index in [0.29, 0.717) is 12.2 Å². The van der Waals surface area contributed by atoms with Crippen molar-refractivity contribution in [3.8, 4) is 0 Å². The van der Waals surface area contributed by atoms with E-state index in [2.05, 4.69) is 17.6 Å². The van der Waals surface area contributed by atoms with Crippen LogP contribution in [-0.2, 0) is 9.59 Å². The molecule has 4 nitrogen and oxygen atoms in total. The van der Waals surface area contributed by atoms with E-state index >= 15 is 0 Å². The SMILES string of the molecule is CCCCCCCNC(=O)C(=O)Nc1ccc(C)cc1C. The van der Waals surface area contributed by atoms with Crippen LogP contribution in [0.15, 0.2) is 18.2 Å². The predicted octanol–water partition coefficient (Wildman–Crippen LogP) is 3.33. The molecular weight excluding hydrogens is 264 g/mol. The van der Waals surface area contributed by atoms with E-state index in [1.807, 2.05) is 32.0 Å². The number of carbonyl (C=O) groups excluding carboxylic acids is 2. The Morgan fingerprint density at radius 3 is 2.38 bits per heavy atom. The Kier molecular flexibility index (Phi) is 7.51. The molecule has 116 valence electrons. The van der Waals surface area contributed by atoms with Gasteiger partial charge in [-0.25, -0.2) is 0 Å². The average Bonchev–Trinajstić information content (AvgIpc) is 2.45. The minimum Gasteiger partial charge on any atom is -0.348 e. The van der Waals surface area contributed by atoms with Gasteiger partial charge in [-0.3, -0.25) is 9.59 Å². The highest BCUT2D eigenvalue weighted by atomic mass is 16.2. The molecule has 2 N–H and O–H groups in total. The molecule has 0 heterocycles. The fourth-order valence-electron chi connectivity index (χ4n) is 2.14. The Labute approximate surface area is 127 Å². The van der Waals surface area contributed by atoms with Gasteiger partial charge in [0.2, 0.25) is 0 Å².